The molecule has 5 heteroatoms. The van der Waals surface area contributed by atoms with E-state index in [1.54, 1.807) is 43.3 Å². The van der Waals surface area contributed by atoms with Gasteiger partial charge in [-0.25, -0.2) is 0 Å². The van der Waals surface area contributed by atoms with Crippen LogP contribution in [0.2, 0.25) is 5.02 Å². The lowest BCUT2D eigenvalue weighted by atomic mass is 10.2. The standard InChI is InChI=1S/C15H11ClN2O2/c1-10-2-7-14(20-10)8-11(9-17)15(19)18-13-5-3-12(16)4-6-13/h2-8H,1H3,(H,18,19). The first kappa shape index (κ1) is 13.9. The highest BCUT2D eigenvalue weighted by atomic mass is 35.5. The lowest BCUT2D eigenvalue weighted by Crippen LogP contribution is -2.13. The normalized spacial score (nSPS) is 10.9. The van der Waals surface area contributed by atoms with Gasteiger partial charge in [0.15, 0.2) is 0 Å². The van der Waals surface area contributed by atoms with Crippen molar-refractivity contribution >= 4 is 29.3 Å². The third-order valence-corrected chi connectivity index (χ3v) is 2.77. The molecule has 0 aliphatic heterocycles. The van der Waals surface area contributed by atoms with E-state index in [-0.39, 0.29) is 5.57 Å². The van der Waals surface area contributed by atoms with Crippen LogP contribution in [0.1, 0.15) is 11.5 Å². The Morgan fingerprint density at radius 2 is 2.00 bits per heavy atom. The lowest BCUT2D eigenvalue weighted by molar-refractivity contribution is -0.112. The fourth-order valence-corrected chi connectivity index (χ4v) is 1.68. The highest BCUT2D eigenvalue weighted by Gasteiger charge is 2.10. The Hall–Kier alpha value is -2.51. The van der Waals surface area contributed by atoms with Gasteiger partial charge in [0.25, 0.3) is 5.91 Å². The number of amides is 1. The van der Waals surface area contributed by atoms with E-state index in [4.69, 9.17) is 21.3 Å². The van der Waals surface area contributed by atoms with Crippen molar-refractivity contribution in [2.24, 2.45) is 0 Å². The van der Waals surface area contributed by atoms with Crippen LogP contribution in [0.15, 0.2) is 46.4 Å². The zero-order valence-corrected chi connectivity index (χ0v) is 11.4. The number of benzene rings is 1. The number of rotatable bonds is 3. The Morgan fingerprint density at radius 1 is 1.30 bits per heavy atom. The second-order valence-electron chi connectivity index (χ2n) is 4.08. The van der Waals surface area contributed by atoms with E-state index in [1.165, 1.54) is 6.08 Å². The maximum atomic E-state index is 12.0. The molecule has 0 saturated carbocycles. The minimum atomic E-state index is -0.496. The van der Waals surface area contributed by atoms with E-state index in [9.17, 15) is 4.79 Å². The van der Waals surface area contributed by atoms with Crippen molar-refractivity contribution in [1.29, 1.82) is 5.26 Å². The SMILES string of the molecule is Cc1ccc(C=C(C#N)C(=O)Nc2ccc(Cl)cc2)o1. The van der Waals surface area contributed by atoms with Gasteiger partial charge in [0.2, 0.25) is 0 Å². The molecule has 0 radical (unpaired) electrons. The molecular formula is C15H11ClN2O2. The molecule has 100 valence electrons. The van der Waals surface area contributed by atoms with E-state index >= 15 is 0 Å². The number of nitriles is 1. The average molecular weight is 287 g/mol. The van der Waals surface area contributed by atoms with Gasteiger partial charge < -0.3 is 9.73 Å². The first-order chi connectivity index (χ1) is 9.58. The van der Waals surface area contributed by atoms with Crippen LogP contribution in [0.5, 0.6) is 0 Å². The molecule has 1 aromatic carbocycles. The van der Waals surface area contributed by atoms with Crippen LogP contribution in [-0.2, 0) is 4.79 Å². The number of halogens is 1. The topological polar surface area (TPSA) is 66.0 Å². The summed E-state index contributed by atoms with van der Waals surface area (Å²) in [7, 11) is 0. The van der Waals surface area contributed by atoms with Crippen LogP contribution in [0.25, 0.3) is 6.08 Å². The summed E-state index contributed by atoms with van der Waals surface area (Å²) in [5.41, 5.74) is 0.533. The number of aryl methyl sites for hydroxylation is 1. The van der Waals surface area contributed by atoms with Crippen LogP contribution in [0.3, 0.4) is 0 Å². The van der Waals surface area contributed by atoms with Crippen molar-refractivity contribution < 1.29 is 9.21 Å². The molecule has 0 spiro atoms. The van der Waals surface area contributed by atoms with Crippen LogP contribution in [-0.4, -0.2) is 5.91 Å². The van der Waals surface area contributed by atoms with Crippen molar-refractivity contribution in [1.82, 2.24) is 0 Å². The molecule has 0 aliphatic rings. The van der Waals surface area contributed by atoms with Gasteiger partial charge in [-0.15, -0.1) is 0 Å². The third-order valence-electron chi connectivity index (χ3n) is 2.51. The molecule has 1 amide bonds. The number of nitrogens with zero attached hydrogens (tertiary/aromatic N) is 1. The summed E-state index contributed by atoms with van der Waals surface area (Å²) in [6, 6.07) is 11.9. The summed E-state index contributed by atoms with van der Waals surface area (Å²) in [6.45, 7) is 1.79. The summed E-state index contributed by atoms with van der Waals surface area (Å²) in [5, 5.41) is 12.2. The fourth-order valence-electron chi connectivity index (χ4n) is 1.55. The number of hydrogen-bond donors (Lipinski definition) is 1. The summed E-state index contributed by atoms with van der Waals surface area (Å²) < 4.78 is 5.31. The molecule has 2 rings (SSSR count). The second-order valence-corrected chi connectivity index (χ2v) is 4.52. The number of carbonyl (C=O) groups is 1. The second kappa shape index (κ2) is 6.09. The molecule has 4 nitrogen and oxygen atoms in total. The van der Waals surface area contributed by atoms with Gasteiger partial charge in [-0.05, 0) is 43.3 Å². The van der Waals surface area contributed by atoms with Gasteiger partial charge in [-0.3, -0.25) is 4.79 Å². The van der Waals surface area contributed by atoms with Gasteiger partial charge in [0, 0.05) is 16.8 Å². The van der Waals surface area contributed by atoms with E-state index in [1.807, 2.05) is 6.07 Å². The smallest absolute Gasteiger partial charge is 0.266 e. The summed E-state index contributed by atoms with van der Waals surface area (Å²) >= 11 is 5.76. The quantitative estimate of drug-likeness (QED) is 0.689. The first-order valence-corrected chi connectivity index (χ1v) is 6.21. The molecule has 0 fully saturated rings. The molecule has 2 aromatic rings. The number of nitrogens with one attached hydrogen (secondary N) is 1. The first-order valence-electron chi connectivity index (χ1n) is 5.83. The van der Waals surface area contributed by atoms with Crippen LogP contribution in [0, 0.1) is 18.3 Å². The molecule has 1 N–H and O–H groups in total. The highest BCUT2D eigenvalue weighted by Crippen LogP contribution is 2.15. The number of anilines is 1. The monoisotopic (exact) mass is 286 g/mol. The number of furan rings is 1. The molecule has 0 bridgehead atoms. The maximum absolute atomic E-state index is 12.0. The summed E-state index contributed by atoms with van der Waals surface area (Å²) in [4.78, 5) is 12.0. The number of hydrogen-bond acceptors (Lipinski definition) is 3. The summed E-state index contributed by atoms with van der Waals surface area (Å²) in [6.07, 6.45) is 1.40. The maximum Gasteiger partial charge on any atom is 0.266 e. The molecule has 1 heterocycles. The van der Waals surface area contributed by atoms with Crippen molar-refractivity contribution in [2.45, 2.75) is 6.92 Å². The van der Waals surface area contributed by atoms with Gasteiger partial charge in [0.1, 0.15) is 23.2 Å². The molecule has 0 atom stereocenters. The van der Waals surface area contributed by atoms with Gasteiger partial charge >= 0.3 is 0 Å². The third kappa shape index (κ3) is 3.50. The molecule has 0 unspecified atom stereocenters. The Morgan fingerprint density at radius 3 is 2.55 bits per heavy atom. The summed E-state index contributed by atoms with van der Waals surface area (Å²) in [5.74, 6) is 0.681. The molecule has 0 saturated heterocycles. The zero-order valence-electron chi connectivity index (χ0n) is 10.7. The van der Waals surface area contributed by atoms with Crippen LogP contribution in [0.4, 0.5) is 5.69 Å². The number of carbonyl (C=O) groups excluding carboxylic acids is 1. The minimum Gasteiger partial charge on any atom is -0.462 e. The van der Waals surface area contributed by atoms with E-state index in [2.05, 4.69) is 5.32 Å². The van der Waals surface area contributed by atoms with Crippen molar-refractivity contribution in [3.05, 3.63) is 58.5 Å². The molecule has 1 aromatic heterocycles. The van der Waals surface area contributed by atoms with Crippen molar-refractivity contribution in [2.75, 3.05) is 5.32 Å². The molecular weight excluding hydrogens is 276 g/mol. The minimum absolute atomic E-state index is 0.0331. The van der Waals surface area contributed by atoms with Crippen molar-refractivity contribution in [3.8, 4) is 6.07 Å². The largest absolute Gasteiger partial charge is 0.462 e. The fraction of sp³-hybridized carbons (Fsp3) is 0.0667. The highest BCUT2D eigenvalue weighted by molar-refractivity contribution is 6.30. The Kier molecular flexibility index (Phi) is 4.24. The van der Waals surface area contributed by atoms with E-state index in [0.29, 0.717) is 22.2 Å². The van der Waals surface area contributed by atoms with Crippen LogP contribution >= 0.6 is 11.6 Å². The Labute approximate surface area is 121 Å². The predicted molar refractivity (Wildman–Crippen MR) is 77.1 cm³/mol. The van der Waals surface area contributed by atoms with Gasteiger partial charge in [0.05, 0.1) is 0 Å². The predicted octanol–water partition coefficient (Wildman–Crippen LogP) is 3.79. The van der Waals surface area contributed by atoms with Crippen LogP contribution < -0.4 is 5.32 Å². The van der Waals surface area contributed by atoms with E-state index < -0.39 is 5.91 Å². The average Bonchev–Trinajstić information content (AvgIpc) is 2.84. The lowest BCUT2D eigenvalue weighted by Gasteiger charge is -2.03. The molecule has 20 heavy (non-hydrogen) atoms. The Bertz CT molecular complexity index is 693. The Balaban J connectivity index is 2.16. The zero-order chi connectivity index (χ0) is 14.5. The van der Waals surface area contributed by atoms with Crippen molar-refractivity contribution in [3.63, 3.8) is 0 Å². The van der Waals surface area contributed by atoms with Gasteiger partial charge in [-0.1, -0.05) is 11.6 Å². The van der Waals surface area contributed by atoms with Gasteiger partial charge in [-0.2, -0.15) is 5.26 Å². The van der Waals surface area contributed by atoms with E-state index in [0.717, 1.165) is 0 Å². The molecule has 0 aliphatic carbocycles.